The normalized spacial score (nSPS) is 16.0. The predicted octanol–water partition coefficient (Wildman–Crippen LogP) is 1.63. The van der Waals surface area contributed by atoms with Crippen LogP contribution in [0.5, 0.6) is 0 Å². The Balaban J connectivity index is 2.07. The summed E-state index contributed by atoms with van der Waals surface area (Å²) >= 11 is 1.33. The Kier molecular flexibility index (Phi) is 5.60. The molecule has 1 aliphatic heterocycles. The first-order chi connectivity index (χ1) is 12.1. The largest absolute Gasteiger partial charge is 0.378 e. The number of nitrogens with two attached hydrogens (primary N) is 1. The van der Waals surface area contributed by atoms with Gasteiger partial charge >= 0.3 is 0 Å². The van der Waals surface area contributed by atoms with Crippen LogP contribution in [0.1, 0.15) is 19.4 Å². The third-order valence-corrected chi connectivity index (χ3v) is 5.27. The molecular weight excluding hydrogens is 338 g/mol. The lowest BCUT2D eigenvalue weighted by Gasteiger charge is -2.28. The Morgan fingerprint density at radius 3 is 2.72 bits per heavy atom. The number of thioether (sulfide) groups is 1. The van der Waals surface area contributed by atoms with Gasteiger partial charge in [-0.3, -0.25) is 9.36 Å². The lowest BCUT2D eigenvalue weighted by molar-refractivity contribution is -0.117. The van der Waals surface area contributed by atoms with Crippen LogP contribution in [-0.4, -0.2) is 52.2 Å². The molecule has 0 saturated carbocycles. The van der Waals surface area contributed by atoms with Crippen LogP contribution in [0.4, 0.5) is 5.95 Å². The Labute approximate surface area is 151 Å². The summed E-state index contributed by atoms with van der Waals surface area (Å²) < 4.78 is 7.48. The van der Waals surface area contributed by atoms with E-state index in [1.54, 1.807) is 6.92 Å². The van der Waals surface area contributed by atoms with E-state index in [1.807, 2.05) is 16.7 Å². The van der Waals surface area contributed by atoms with E-state index in [0.717, 1.165) is 31.1 Å². The molecular formula is C17H23N5O2S. The molecule has 134 valence electrons. The zero-order valence-electron chi connectivity index (χ0n) is 14.5. The molecule has 25 heavy (non-hydrogen) atoms. The molecule has 1 aliphatic rings. The second-order valence-corrected chi connectivity index (χ2v) is 7.17. The van der Waals surface area contributed by atoms with Crippen LogP contribution < -0.4 is 10.6 Å². The van der Waals surface area contributed by atoms with Crippen molar-refractivity contribution >= 4 is 23.6 Å². The van der Waals surface area contributed by atoms with Crippen LogP contribution in [0.2, 0.25) is 0 Å². The van der Waals surface area contributed by atoms with E-state index in [4.69, 9.17) is 10.5 Å². The summed E-state index contributed by atoms with van der Waals surface area (Å²) in [5, 5.41) is 9.06. The summed E-state index contributed by atoms with van der Waals surface area (Å²) in [7, 11) is 0. The van der Waals surface area contributed by atoms with Crippen molar-refractivity contribution < 1.29 is 9.53 Å². The number of benzene rings is 1. The minimum Gasteiger partial charge on any atom is -0.378 e. The second-order valence-electron chi connectivity index (χ2n) is 5.86. The van der Waals surface area contributed by atoms with Gasteiger partial charge in [-0.2, -0.15) is 0 Å². The molecule has 8 heteroatoms. The number of carbonyl (C=O) groups is 1. The van der Waals surface area contributed by atoms with Gasteiger partial charge in [-0.05, 0) is 25.0 Å². The van der Waals surface area contributed by atoms with Crippen LogP contribution >= 0.6 is 11.8 Å². The van der Waals surface area contributed by atoms with Gasteiger partial charge in [0.1, 0.15) is 0 Å². The topological polar surface area (TPSA) is 86.3 Å². The van der Waals surface area contributed by atoms with Gasteiger partial charge in [0, 0.05) is 13.1 Å². The quantitative estimate of drug-likeness (QED) is 0.787. The first-order valence-corrected chi connectivity index (χ1v) is 9.32. The van der Waals surface area contributed by atoms with Gasteiger partial charge in [0.15, 0.2) is 5.16 Å². The van der Waals surface area contributed by atoms with E-state index >= 15 is 0 Å². The molecule has 1 amide bonds. The highest BCUT2D eigenvalue weighted by molar-refractivity contribution is 8.00. The van der Waals surface area contributed by atoms with Crippen LogP contribution in [0.15, 0.2) is 29.4 Å². The van der Waals surface area contributed by atoms with E-state index in [-0.39, 0.29) is 11.2 Å². The van der Waals surface area contributed by atoms with Gasteiger partial charge < -0.3 is 15.4 Å². The van der Waals surface area contributed by atoms with Crippen molar-refractivity contribution in [3.63, 3.8) is 0 Å². The van der Waals surface area contributed by atoms with Crippen molar-refractivity contribution in [2.24, 2.45) is 5.73 Å². The highest BCUT2D eigenvalue weighted by atomic mass is 32.2. The van der Waals surface area contributed by atoms with Gasteiger partial charge in [-0.1, -0.05) is 36.9 Å². The maximum Gasteiger partial charge on any atom is 0.232 e. The highest BCUT2D eigenvalue weighted by Crippen LogP contribution is 2.31. The van der Waals surface area contributed by atoms with Crippen molar-refractivity contribution in [3.8, 4) is 5.69 Å². The molecule has 0 radical (unpaired) electrons. The first-order valence-electron chi connectivity index (χ1n) is 8.44. The minimum absolute atomic E-state index is 0.365. The zero-order chi connectivity index (χ0) is 17.8. The number of rotatable bonds is 6. The molecule has 2 N–H and O–H groups in total. The second kappa shape index (κ2) is 7.88. The van der Waals surface area contributed by atoms with Crippen molar-refractivity contribution in [1.29, 1.82) is 0 Å². The molecule has 0 unspecified atom stereocenters. The molecule has 1 atom stereocenters. The molecule has 3 rings (SSSR count). The number of ether oxygens (including phenoxy) is 1. The Morgan fingerprint density at radius 2 is 2.04 bits per heavy atom. The molecule has 1 aromatic carbocycles. The minimum atomic E-state index is -0.380. The predicted molar refractivity (Wildman–Crippen MR) is 98.3 cm³/mol. The molecule has 0 spiro atoms. The maximum absolute atomic E-state index is 11.5. The lowest BCUT2D eigenvalue weighted by Crippen LogP contribution is -2.38. The molecule has 1 aromatic heterocycles. The molecule has 0 aliphatic carbocycles. The fraction of sp³-hybridized carbons (Fsp3) is 0.471. The number of nitrogens with zero attached hydrogens (tertiary/aromatic N) is 4. The van der Waals surface area contributed by atoms with E-state index in [0.29, 0.717) is 18.4 Å². The number of primary amides is 1. The highest BCUT2D eigenvalue weighted by Gasteiger charge is 2.24. The van der Waals surface area contributed by atoms with E-state index < -0.39 is 0 Å². The Morgan fingerprint density at radius 1 is 1.32 bits per heavy atom. The van der Waals surface area contributed by atoms with E-state index in [9.17, 15) is 4.79 Å². The molecule has 2 aromatic rings. The summed E-state index contributed by atoms with van der Waals surface area (Å²) in [5.41, 5.74) is 7.67. The third-order valence-electron chi connectivity index (χ3n) is 4.21. The van der Waals surface area contributed by atoms with Gasteiger partial charge in [0.25, 0.3) is 0 Å². The molecule has 0 bridgehead atoms. The van der Waals surface area contributed by atoms with Gasteiger partial charge in [-0.25, -0.2) is 0 Å². The summed E-state index contributed by atoms with van der Waals surface area (Å²) in [4.78, 5) is 13.7. The van der Waals surface area contributed by atoms with Crippen LogP contribution in [-0.2, 0) is 16.0 Å². The number of morpholine rings is 1. The molecule has 2 heterocycles. The smallest absolute Gasteiger partial charge is 0.232 e. The fourth-order valence-electron chi connectivity index (χ4n) is 2.76. The number of anilines is 1. The molecule has 1 saturated heterocycles. The Bertz CT molecular complexity index is 742. The fourth-order valence-corrected chi connectivity index (χ4v) is 3.57. The van der Waals surface area contributed by atoms with E-state index in [1.165, 1.54) is 17.3 Å². The van der Waals surface area contributed by atoms with Crippen molar-refractivity contribution in [3.05, 3.63) is 29.8 Å². The number of aryl methyl sites for hydroxylation is 1. The third kappa shape index (κ3) is 3.80. The lowest BCUT2D eigenvalue weighted by atomic mass is 10.1. The van der Waals surface area contributed by atoms with Gasteiger partial charge in [0.2, 0.25) is 11.9 Å². The molecule has 1 fully saturated rings. The number of aromatic nitrogens is 3. The first kappa shape index (κ1) is 17.8. The summed E-state index contributed by atoms with van der Waals surface area (Å²) in [6, 6.07) is 8.19. The molecule has 7 nitrogen and oxygen atoms in total. The number of amides is 1. The summed E-state index contributed by atoms with van der Waals surface area (Å²) in [5.74, 6) is 0.416. The number of hydrogen-bond acceptors (Lipinski definition) is 6. The monoisotopic (exact) mass is 361 g/mol. The van der Waals surface area contributed by atoms with Crippen molar-refractivity contribution in [2.45, 2.75) is 30.7 Å². The average molecular weight is 361 g/mol. The Hall–Kier alpha value is -2.06. The average Bonchev–Trinajstić information content (AvgIpc) is 3.05. The maximum atomic E-state index is 11.5. The van der Waals surface area contributed by atoms with Gasteiger partial charge in [-0.15, -0.1) is 10.2 Å². The summed E-state index contributed by atoms with van der Waals surface area (Å²) in [6.07, 6.45) is 0.895. The van der Waals surface area contributed by atoms with Gasteiger partial charge in [0.05, 0.1) is 24.2 Å². The SMILES string of the molecule is CCc1ccccc1-n1c(S[C@@H](C)C(N)=O)nnc1N1CCOCC1. The van der Waals surface area contributed by atoms with E-state index in [2.05, 4.69) is 34.2 Å². The number of hydrogen-bond donors (Lipinski definition) is 1. The van der Waals surface area contributed by atoms with Crippen molar-refractivity contribution in [1.82, 2.24) is 14.8 Å². The van der Waals surface area contributed by atoms with Crippen LogP contribution in [0, 0.1) is 0 Å². The number of para-hydroxylation sites is 1. The number of carbonyl (C=O) groups excluding carboxylic acids is 1. The van der Waals surface area contributed by atoms with Crippen LogP contribution in [0.3, 0.4) is 0 Å². The standard InChI is InChI=1S/C17H23N5O2S/c1-3-13-6-4-5-7-14(13)22-16(21-8-10-24-11-9-21)19-20-17(22)25-12(2)15(18)23/h4-7,12H,3,8-11H2,1-2H3,(H2,18,23)/t12-/m0/s1. The van der Waals surface area contributed by atoms with Crippen LogP contribution in [0.25, 0.3) is 5.69 Å². The summed E-state index contributed by atoms with van der Waals surface area (Å²) in [6.45, 7) is 6.78. The van der Waals surface area contributed by atoms with Crippen molar-refractivity contribution in [2.75, 3.05) is 31.2 Å². The zero-order valence-corrected chi connectivity index (χ0v) is 15.3.